The maximum absolute atomic E-state index is 13.1. The van der Waals surface area contributed by atoms with E-state index < -0.39 is 17.2 Å². The van der Waals surface area contributed by atoms with Crippen molar-refractivity contribution in [2.75, 3.05) is 26.2 Å². The number of pyridine rings is 1. The molecule has 2 saturated heterocycles. The molecule has 10 heteroatoms. The predicted molar refractivity (Wildman–Crippen MR) is 115 cm³/mol. The van der Waals surface area contributed by atoms with E-state index >= 15 is 0 Å². The fourth-order valence-electron chi connectivity index (χ4n) is 4.93. The third-order valence-electron chi connectivity index (χ3n) is 6.96. The fourth-order valence-corrected chi connectivity index (χ4v) is 4.93. The van der Waals surface area contributed by atoms with Gasteiger partial charge in [-0.25, -0.2) is 9.50 Å². The summed E-state index contributed by atoms with van der Waals surface area (Å²) in [4.78, 5) is 28.1. The summed E-state index contributed by atoms with van der Waals surface area (Å²) >= 11 is 0. The number of nitrogens with zero attached hydrogens (tertiary/aromatic N) is 4. The number of aromatic nitrogens is 3. The van der Waals surface area contributed by atoms with Crippen LogP contribution in [0.15, 0.2) is 24.5 Å². The van der Waals surface area contributed by atoms with Crippen molar-refractivity contribution < 1.29 is 24.5 Å². The van der Waals surface area contributed by atoms with Gasteiger partial charge in [-0.15, -0.1) is 0 Å². The van der Waals surface area contributed by atoms with Gasteiger partial charge in [-0.1, -0.05) is 6.07 Å². The molecule has 2 aromatic heterocycles. The van der Waals surface area contributed by atoms with E-state index in [2.05, 4.69) is 20.3 Å². The number of hydrogen-bond donors (Lipinski definition) is 3. The van der Waals surface area contributed by atoms with Gasteiger partial charge in [0.15, 0.2) is 5.65 Å². The first-order chi connectivity index (χ1) is 15.4. The Morgan fingerprint density at radius 3 is 2.72 bits per heavy atom. The Balaban J connectivity index is 0.000000775. The first-order valence-electron chi connectivity index (χ1n) is 11.1. The molecule has 2 aliphatic heterocycles. The summed E-state index contributed by atoms with van der Waals surface area (Å²) in [6, 6.07) is 5.32. The molecule has 4 heterocycles. The first kappa shape index (κ1) is 22.6. The number of amides is 1. The van der Waals surface area contributed by atoms with Gasteiger partial charge in [-0.2, -0.15) is 5.10 Å². The van der Waals surface area contributed by atoms with Crippen molar-refractivity contribution in [3.05, 3.63) is 30.2 Å². The molecule has 3 N–H and O–H groups in total. The van der Waals surface area contributed by atoms with Crippen LogP contribution in [0.5, 0.6) is 0 Å². The number of nitrogens with one attached hydrogen (secondary N) is 1. The lowest BCUT2D eigenvalue weighted by molar-refractivity contribution is -0.205. The summed E-state index contributed by atoms with van der Waals surface area (Å²) in [6.45, 7) is 5.26. The van der Waals surface area contributed by atoms with E-state index in [4.69, 9.17) is 14.6 Å². The molecule has 2 atom stereocenters. The van der Waals surface area contributed by atoms with Gasteiger partial charge < -0.3 is 25.2 Å². The third-order valence-corrected chi connectivity index (χ3v) is 6.96. The molecule has 2 aromatic rings. The number of carbonyl (C=O) groups is 2. The molecule has 0 unspecified atom stereocenters. The lowest BCUT2D eigenvalue weighted by atomic mass is 9.73. The maximum atomic E-state index is 13.1. The van der Waals surface area contributed by atoms with Crippen LogP contribution >= 0.6 is 0 Å². The highest BCUT2D eigenvalue weighted by Gasteiger charge is 2.54. The second-order valence-corrected chi connectivity index (χ2v) is 9.23. The van der Waals surface area contributed by atoms with Gasteiger partial charge in [0.05, 0.1) is 11.1 Å². The SMILES string of the molecule is C[C@]1(NC(=O)c2cccc3ncnn23)CCOC2(CCN(CC3CC3)CC2)[C@@H]1O.O=CO. The van der Waals surface area contributed by atoms with Crippen LogP contribution in [0.1, 0.15) is 49.5 Å². The van der Waals surface area contributed by atoms with Crippen LogP contribution in [0.3, 0.4) is 0 Å². The van der Waals surface area contributed by atoms with Crippen molar-refractivity contribution >= 4 is 18.0 Å². The highest BCUT2D eigenvalue weighted by atomic mass is 16.5. The summed E-state index contributed by atoms with van der Waals surface area (Å²) in [5, 5.41) is 25.5. The molecule has 1 amide bonds. The van der Waals surface area contributed by atoms with Gasteiger partial charge in [-0.05, 0) is 57.1 Å². The Labute approximate surface area is 186 Å². The van der Waals surface area contributed by atoms with Crippen molar-refractivity contribution in [2.45, 2.75) is 56.3 Å². The van der Waals surface area contributed by atoms with E-state index in [9.17, 15) is 9.90 Å². The minimum absolute atomic E-state index is 0.250. The molecular formula is C22H31N5O5. The van der Waals surface area contributed by atoms with E-state index in [0.717, 1.165) is 31.8 Å². The fraction of sp³-hybridized carbons (Fsp3) is 0.636. The highest BCUT2D eigenvalue weighted by molar-refractivity contribution is 5.93. The minimum atomic E-state index is -0.759. The molecule has 1 saturated carbocycles. The molecule has 3 aliphatic rings. The van der Waals surface area contributed by atoms with Gasteiger partial charge in [0, 0.05) is 26.2 Å². The Morgan fingerprint density at radius 2 is 2.03 bits per heavy atom. The average molecular weight is 446 g/mol. The van der Waals surface area contributed by atoms with Gasteiger partial charge in [-0.3, -0.25) is 9.59 Å². The second-order valence-electron chi connectivity index (χ2n) is 9.23. The Bertz CT molecular complexity index is 953. The van der Waals surface area contributed by atoms with Crippen LogP contribution in [0.25, 0.3) is 5.65 Å². The zero-order chi connectivity index (χ0) is 22.8. The molecule has 1 spiro atoms. The summed E-state index contributed by atoms with van der Waals surface area (Å²) in [5.74, 6) is 0.608. The number of fused-ring (bicyclic) bond motifs is 1. The molecule has 10 nitrogen and oxygen atoms in total. The highest BCUT2D eigenvalue weighted by Crippen LogP contribution is 2.41. The maximum Gasteiger partial charge on any atom is 0.290 e. The van der Waals surface area contributed by atoms with Crippen molar-refractivity contribution in [1.82, 2.24) is 24.8 Å². The zero-order valence-corrected chi connectivity index (χ0v) is 18.3. The molecule has 32 heavy (non-hydrogen) atoms. The van der Waals surface area contributed by atoms with Crippen LogP contribution in [0.4, 0.5) is 0 Å². The second kappa shape index (κ2) is 9.13. The lowest BCUT2D eigenvalue weighted by Gasteiger charge is -2.53. The lowest BCUT2D eigenvalue weighted by Crippen LogP contribution is -2.69. The number of rotatable bonds is 4. The average Bonchev–Trinajstić information content (AvgIpc) is 3.46. The van der Waals surface area contributed by atoms with Crippen LogP contribution in [0.2, 0.25) is 0 Å². The molecule has 0 bridgehead atoms. The van der Waals surface area contributed by atoms with Gasteiger partial charge in [0.25, 0.3) is 12.4 Å². The topological polar surface area (TPSA) is 129 Å². The van der Waals surface area contributed by atoms with Crippen LogP contribution in [-0.2, 0) is 9.53 Å². The van der Waals surface area contributed by atoms with Crippen molar-refractivity contribution in [3.8, 4) is 0 Å². The van der Waals surface area contributed by atoms with E-state index in [1.807, 2.05) is 6.92 Å². The van der Waals surface area contributed by atoms with Gasteiger partial charge in [0.2, 0.25) is 0 Å². The first-order valence-corrected chi connectivity index (χ1v) is 11.1. The number of hydrogen-bond acceptors (Lipinski definition) is 7. The van der Waals surface area contributed by atoms with Crippen LogP contribution < -0.4 is 5.32 Å². The van der Waals surface area contributed by atoms with Crippen molar-refractivity contribution in [1.29, 1.82) is 0 Å². The minimum Gasteiger partial charge on any atom is -0.483 e. The number of carbonyl (C=O) groups excluding carboxylic acids is 1. The largest absolute Gasteiger partial charge is 0.483 e. The molecule has 1 aliphatic carbocycles. The van der Waals surface area contributed by atoms with E-state index in [1.54, 1.807) is 18.2 Å². The number of aliphatic hydroxyl groups is 1. The van der Waals surface area contributed by atoms with Crippen molar-refractivity contribution in [2.24, 2.45) is 5.92 Å². The van der Waals surface area contributed by atoms with E-state index in [-0.39, 0.29) is 12.4 Å². The Hall–Kier alpha value is -2.56. The summed E-state index contributed by atoms with van der Waals surface area (Å²) in [5.41, 5.74) is -0.306. The quantitative estimate of drug-likeness (QED) is 0.593. The molecule has 0 aromatic carbocycles. The monoisotopic (exact) mass is 445 g/mol. The zero-order valence-electron chi connectivity index (χ0n) is 18.3. The Kier molecular flexibility index (Phi) is 6.45. The molecule has 3 fully saturated rings. The standard InChI is InChI=1S/C21H29N5O3.CH2O2/c1-20(24-18(27)16-3-2-4-17-22-14-23-26(16)17)9-12-29-21(19(20)28)7-10-25(11-8-21)13-15-5-6-15;2-1-3/h2-4,14-15,19,28H,5-13H2,1H3,(H,24,27);1H,(H,2,3)/t19-,20+;/m1./s1. The van der Waals surface area contributed by atoms with Gasteiger partial charge in [0.1, 0.15) is 18.1 Å². The summed E-state index contributed by atoms with van der Waals surface area (Å²) in [6.07, 6.45) is 5.54. The Morgan fingerprint density at radius 1 is 1.31 bits per heavy atom. The normalized spacial score (nSPS) is 27.5. The number of ether oxygens (including phenoxy) is 1. The van der Waals surface area contributed by atoms with E-state index in [0.29, 0.717) is 24.4 Å². The van der Waals surface area contributed by atoms with Gasteiger partial charge >= 0.3 is 0 Å². The number of likely N-dealkylation sites (tertiary alicyclic amines) is 1. The molecule has 0 radical (unpaired) electrons. The third kappa shape index (κ3) is 4.48. The number of carboxylic acid groups (broad SMARTS) is 1. The number of piperidine rings is 1. The van der Waals surface area contributed by atoms with Crippen LogP contribution in [0, 0.1) is 5.92 Å². The predicted octanol–water partition coefficient (Wildman–Crippen LogP) is 0.944. The van der Waals surface area contributed by atoms with Crippen LogP contribution in [-0.4, -0.2) is 85.6 Å². The molecule has 174 valence electrons. The smallest absolute Gasteiger partial charge is 0.290 e. The molecular weight excluding hydrogens is 414 g/mol. The summed E-state index contributed by atoms with van der Waals surface area (Å²) in [7, 11) is 0. The molecule has 5 rings (SSSR count). The van der Waals surface area contributed by atoms with E-state index in [1.165, 1.54) is 30.2 Å². The van der Waals surface area contributed by atoms with Crippen molar-refractivity contribution in [3.63, 3.8) is 0 Å². The number of aliphatic hydroxyl groups excluding tert-OH is 1. The summed E-state index contributed by atoms with van der Waals surface area (Å²) < 4.78 is 7.70.